The Labute approximate surface area is 133 Å². The number of aliphatic hydroxyl groups is 1. The molecule has 0 heterocycles. The molecule has 0 aromatic heterocycles. The molecule has 0 spiro atoms. The van der Waals surface area contributed by atoms with Crippen LogP contribution in [0.3, 0.4) is 0 Å². The smallest absolute Gasteiger partial charge is 0.0482 e. The van der Waals surface area contributed by atoms with E-state index in [9.17, 15) is 5.11 Å². The summed E-state index contributed by atoms with van der Waals surface area (Å²) < 4.78 is 0. The Bertz CT molecular complexity index is 305. The number of rotatable bonds is 9. The van der Waals surface area contributed by atoms with Gasteiger partial charge in [-0.05, 0) is 66.6 Å². The molecule has 1 nitrogen and oxygen atoms in total. The van der Waals surface area contributed by atoms with E-state index in [4.69, 9.17) is 0 Å². The summed E-state index contributed by atoms with van der Waals surface area (Å²) in [5.41, 5.74) is 0.488. The molecule has 1 aliphatic rings. The molecule has 1 aliphatic carbocycles. The van der Waals surface area contributed by atoms with Gasteiger partial charge in [-0.15, -0.1) is 0 Å². The van der Waals surface area contributed by atoms with Crippen molar-refractivity contribution in [3.63, 3.8) is 0 Å². The molecule has 1 rings (SSSR count). The highest BCUT2D eigenvalue weighted by Gasteiger charge is 2.34. The maximum absolute atomic E-state index is 9.40. The van der Waals surface area contributed by atoms with E-state index in [0.29, 0.717) is 12.0 Å². The van der Waals surface area contributed by atoms with Gasteiger partial charge in [0.25, 0.3) is 0 Å². The second-order valence-corrected chi connectivity index (χ2v) is 9.71. The normalized spacial score (nSPS) is 28.3. The van der Waals surface area contributed by atoms with Gasteiger partial charge >= 0.3 is 0 Å². The molecule has 4 unspecified atom stereocenters. The van der Waals surface area contributed by atoms with Gasteiger partial charge < -0.3 is 5.11 Å². The highest BCUT2D eigenvalue weighted by atomic mass is 16.3. The fraction of sp³-hybridized carbons (Fsp3) is 1.00. The second-order valence-electron chi connectivity index (χ2n) is 9.71. The summed E-state index contributed by atoms with van der Waals surface area (Å²) in [6.07, 6.45) is 7.97. The molecule has 0 aromatic carbocycles. The van der Waals surface area contributed by atoms with Gasteiger partial charge in [0.05, 0.1) is 0 Å². The van der Waals surface area contributed by atoms with Gasteiger partial charge in [0.2, 0.25) is 0 Å². The maximum Gasteiger partial charge on any atom is 0.0482 e. The Kier molecular flexibility index (Phi) is 6.78. The van der Waals surface area contributed by atoms with Crippen molar-refractivity contribution in [2.24, 2.45) is 34.5 Å². The summed E-state index contributed by atoms with van der Waals surface area (Å²) in [6.45, 7) is 16.7. The third-order valence-electron chi connectivity index (χ3n) is 6.15. The summed E-state index contributed by atoms with van der Waals surface area (Å²) in [5, 5.41) is 9.40. The van der Waals surface area contributed by atoms with Crippen molar-refractivity contribution in [3.05, 3.63) is 0 Å². The lowest BCUT2D eigenvalue weighted by Gasteiger charge is -2.42. The molecule has 0 aliphatic heterocycles. The summed E-state index contributed by atoms with van der Waals surface area (Å²) in [4.78, 5) is 0. The molecule has 126 valence electrons. The van der Waals surface area contributed by atoms with Gasteiger partial charge in [-0.1, -0.05) is 54.9 Å². The number of aliphatic hydroxyl groups excluding tert-OH is 1. The lowest BCUT2D eigenvalue weighted by molar-refractivity contribution is 0.0841. The molecule has 0 radical (unpaired) electrons. The van der Waals surface area contributed by atoms with Crippen LogP contribution < -0.4 is 0 Å². The highest BCUT2D eigenvalue weighted by molar-refractivity contribution is 4.84. The van der Waals surface area contributed by atoms with Crippen LogP contribution in [0, 0.1) is 34.5 Å². The van der Waals surface area contributed by atoms with E-state index in [1.54, 1.807) is 0 Å². The third kappa shape index (κ3) is 6.30. The van der Waals surface area contributed by atoms with Gasteiger partial charge in [-0.25, -0.2) is 0 Å². The van der Waals surface area contributed by atoms with Crippen LogP contribution in [0.1, 0.15) is 87.0 Å². The quantitative estimate of drug-likeness (QED) is 0.561. The SMILES string of the molecule is CC(CCC1CC(C)C1C)CC(C)(C)CCC(C)(C)CO. The first-order valence-corrected chi connectivity index (χ1v) is 9.17. The zero-order valence-electron chi connectivity index (χ0n) is 15.7. The fourth-order valence-corrected chi connectivity index (χ4v) is 3.96. The van der Waals surface area contributed by atoms with Crippen molar-refractivity contribution in [3.8, 4) is 0 Å². The average molecular weight is 297 g/mol. The monoisotopic (exact) mass is 296 g/mol. The van der Waals surface area contributed by atoms with Crippen molar-refractivity contribution >= 4 is 0 Å². The molecule has 1 fully saturated rings. The van der Waals surface area contributed by atoms with E-state index in [2.05, 4.69) is 48.5 Å². The van der Waals surface area contributed by atoms with E-state index in [-0.39, 0.29) is 5.41 Å². The molecule has 21 heavy (non-hydrogen) atoms. The molecule has 1 saturated carbocycles. The predicted molar refractivity (Wildman–Crippen MR) is 93.3 cm³/mol. The van der Waals surface area contributed by atoms with E-state index in [0.717, 1.165) is 30.1 Å². The first kappa shape index (κ1) is 19.0. The minimum atomic E-state index is 0.0814. The van der Waals surface area contributed by atoms with Crippen LogP contribution in [0.5, 0.6) is 0 Å². The standard InChI is InChI=1S/C20H40O/c1-15(8-9-18-12-16(2)17(18)3)13-19(4,5)10-11-20(6,7)14-21/h15-18,21H,8-14H2,1-7H3. The Morgan fingerprint density at radius 1 is 1.05 bits per heavy atom. The second kappa shape index (κ2) is 7.49. The Morgan fingerprint density at radius 2 is 1.62 bits per heavy atom. The van der Waals surface area contributed by atoms with E-state index in [1.165, 1.54) is 32.1 Å². The van der Waals surface area contributed by atoms with Crippen LogP contribution in [0.4, 0.5) is 0 Å². The summed E-state index contributed by atoms with van der Waals surface area (Å²) in [5.74, 6) is 3.75. The maximum atomic E-state index is 9.40. The van der Waals surface area contributed by atoms with Gasteiger partial charge in [-0.2, -0.15) is 0 Å². The molecule has 1 N–H and O–H groups in total. The van der Waals surface area contributed by atoms with Gasteiger partial charge in [0.15, 0.2) is 0 Å². The van der Waals surface area contributed by atoms with Crippen molar-refractivity contribution in [2.45, 2.75) is 87.0 Å². The number of hydrogen-bond donors (Lipinski definition) is 1. The Hall–Kier alpha value is -0.0400. The summed E-state index contributed by atoms with van der Waals surface area (Å²) >= 11 is 0. The zero-order valence-corrected chi connectivity index (χ0v) is 15.7. The van der Waals surface area contributed by atoms with E-state index in [1.807, 2.05) is 0 Å². The van der Waals surface area contributed by atoms with Crippen LogP contribution in [-0.2, 0) is 0 Å². The molecule has 1 heteroatoms. The zero-order chi connectivity index (χ0) is 16.3. The molecule has 0 amide bonds. The Morgan fingerprint density at radius 3 is 2.10 bits per heavy atom. The molecular formula is C20H40O. The van der Waals surface area contributed by atoms with Crippen LogP contribution >= 0.6 is 0 Å². The lowest BCUT2D eigenvalue weighted by atomic mass is 9.64. The van der Waals surface area contributed by atoms with Crippen LogP contribution in [0.25, 0.3) is 0 Å². The molecule has 4 atom stereocenters. The van der Waals surface area contributed by atoms with Gasteiger partial charge in [0.1, 0.15) is 0 Å². The van der Waals surface area contributed by atoms with Crippen molar-refractivity contribution in [1.29, 1.82) is 0 Å². The van der Waals surface area contributed by atoms with E-state index >= 15 is 0 Å². The van der Waals surface area contributed by atoms with Crippen molar-refractivity contribution in [1.82, 2.24) is 0 Å². The first-order valence-electron chi connectivity index (χ1n) is 9.17. The minimum absolute atomic E-state index is 0.0814. The molecular weight excluding hydrogens is 256 g/mol. The molecule has 0 aromatic rings. The van der Waals surface area contributed by atoms with Crippen LogP contribution in [0.15, 0.2) is 0 Å². The predicted octanol–water partition coefficient (Wildman–Crippen LogP) is 5.91. The largest absolute Gasteiger partial charge is 0.396 e. The molecule has 0 saturated heterocycles. The minimum Gasteiger partial charge on any atom is -0.396 e. The van der Waals surface area contributed by atoms with Gasteiger partial charge in [0, 0.05) is 6.61 Å². The fourth-order valence-electron chi connectivity index (χ4n) is 3.96. The van der Waals surface area contributed by atoms with Crippen LogP contribution in [0.2, 0.25) is 0 Å². The third-order valence-corrected chi connectivity index (χ3v) is 6.15. The highest BCUT2D eigenvalue weighted by Crippen LogP contribution is 2.44. The van der Waals surface area contributed by atoms with Crippen molar-refractivity contribution in [2.75, 3.05) is 6.61 Å². The van der Waals surface area contributed by atoms with Crippen molar-refractivity contribution < 1.29 is 5.11 Å². The Balaban J connectivity index is 2.27. The first-order chi connectivity index (χ1) is 9.56. The summed E-state index contributed by atoms with van der Waals surface area (Å²) in [7, 11) is 0. The van der Waals surface area contributed by atoms with Gasteiger partial charge in [-0.3, -0.25) is 0 Å². The topological polar surface area (TPSA) is 20.2 Å². The average Bonchev–Trinajstić information content (AvgIpc) is 2.40. The number of hydrogen-bond acceptors (Lipinski definition) is 1. The lowest BCUT2D eigenvalue weighted by Crippen LogP contribution is -2.32. The van der Waals surface area contributed by atoms with Crippen LogP contribution in [-0.4, -0.2) is 11.7 Å². The summed E-state index contributed by atoms with van der Waals surface area (Å²) in [6, 6.07) is 0. The molecule has 0 bridgehead atoms. The van der Waals surface area contributed by atoms with E-state index < -0.39 is 0 Å².